The summed E-state index contributed by atoms with van der Waals surface area (Å²) in [4.78, 5) is 30.6. The van der Waals surface area contributed by atoms with Crippen molar-refractivity contribution in [1.82, 2.24) is 9.80 Å². The van der Waals surface area contributed by atoms with Gasteiger partial charge in [0.2, 0.25) is 5.91 Å². The molecule has 2 aromatic rings. The van der Waals surface area contributed by atoms with E-state index < -0.39 is 11.9 Å². The molecule has 0 spiro atoms. The van der Waals surface area contributed by atoms with Crippen molar-refractivity contribution in [2.45, 2.75) is 70.3 Å². The number of aryl methyl sites for hydroxylation is 1. The fourth-order valence-corrected chi connectivity index (χ4v) is 6.47. The topological polar surface area (TPSA) is 105 Å². The summed E-state index contributed by atoms with van der Waals surface area (Å²) in [6.07, 6.45) is 6.86. The number of likely N-dealkylation sites (tertiary alicyclic amines) is 1. The SMILES string of the molecule is CCCCN(CCCCN)C(=O)CN1C[C@H](c2ccc3c(c2)CCO3)[C@@H](C(=O)O)[C@@H]1CCCc1ccccc1OC. The van der Waals surface area contributed by atoms with E-state index in [1.807, 2.05) is 35.2 Å². The highest BCUT2D eigenvalue weighted by Gasteiger charge is 2.47. The van der Waals surface area contributed by atoms with Gasteiger partial charge in [-0.1, -0.05) is 43.7 Å². The Morgan fingerprint density at radius 3 is 2.68 bits per heavy atom. The number of benzene rings is 2. The smallest absolute Gasteiger partial charge is 0.308 e. The van der Waals surface area contributed by atoms with Crippen LogP contribution in [0.15, 0.2) is 42.5 Å². The molecule has 0 aliphatic carbocycles. The maximum atomic E-state index is 13.7. The average molecular weight is 566 g/mol. The molecule has 0 bridgehead atoms. The Kier molecular flexibility index (Phi) is 11.5. The summed E-state index contributed by atoms with van der Waals surface area (Å²) in [7, 11) is 1.67. The van der Waals surface area contributed by atoms with Gasteiger partial charge in [0, 0.05) is 38.0 Å². The number of hydrogen-bond donors (Lipinski definition) is 2. The van der Waals surface area contributed by atoms with Crippen molar-refractivity contribution in [3.63, 3.8) is 0 Å². The number of nitrogens with two attached hydrogens (primary N) is 1. The second kappa shape index (κ2) is 15.2. The molecule has 0 radical (unpaired) electrons. The zero-order valence-corrected chi connectivity index (χ0v) is 24.7. The predicted molar refractivity (Wildman–Crippen MR) is 161 cm³/mol. The van der Waals surface area contributed by atoms with Gasteiger partial charge in [-0.25, -0.2) is 0 Å². The molecule has 224 valence electrons. The molecule has 2 aromatic carbocycles. The Morgan fingerprint density at radius 2 is 1.93 bits per heavy atom. The van der Waals surface area contributed by atoms with Gasteiger partial charge >= 0.3 is 5.97 Å². The van der Waals surface area contributed by atoms with Gasteiger partial charge in [-0.3, -0.25) is 14.5 Å². The van der Waals surface area contributed by atoms with Crippen LogP contribution in [0.4, 0.5) is 0 Å². The van der Waals surface area contributed by atoms with Crippen LogP contribution < -0.4 is 15.2 Å². The van der Waals surface area contributed by atoms with E-state index >= 15 is 0 Å². The number of nitrogens with zero attached hydrogens (tertiary/aromatic N) is 2. The van der Waals surface area contributed by atoms with Gasteiger partial charge in [0.15, 0.2) is 0 Å². The van der Waals surface area contributed by atoms with E-state index in [0.717, 1.165) is 79.7 Å². The minimum Gasteiger partial charge on any atom is -0.496 e. The van der Waals surface area contributed by atoms with E-state index in [4.69, 9.17) is 15.2 Å². The lowest BCUT2D eigenvalue weighted by Gasteiger charge is -2.30. The van der Waals surface area contributed by atoms with E-state index in [9.17, 15) is 14.7 Å². The van der Waals surface area contributed by atoms with Crippen molar-refractivity contribution in [3.8, 4) is 11.5 Å². The molecule has 2 aliphatic heterocycles. The van der Waals surface area contributed by atoms with Crippen LogP contribution in [0.25, 0.3) is 0 Å². The zero-order valence-electron chi connectivity index (χ0n) is 24.7. The number of rotatable bonds is 16. The normalized spacial score (nSPS) is 20.0. The first kappa shape index (κ1) is 30.8. The summed E-state index contributed by atoms with van der Waals surface area (Å²) < 4.78 is 11.2. The molecular weight excluding hydrogens is 518 g/mol. The van der Waals surface area contributed by atoms with Gasteiger partial charge in [-0.15, -0.1) is 0 Å². The lowest BCUT2D eigenvalue weighted by Crippen LogP contribution is -2.44. The maximum Gasteiger partial charge on any atom is 0.308 e. The number of methoxy groups -OCH3 is 1. The minimum atomic E-state index is -0.797. The molecule has 1 saturated heterocycles. The monoisotopic (exact) mass is 565 g/mol. The Morgan fingerprint density at radius 1 is 1.12 bits per heavy atom. The number of fused-ring (bicyclic) bond motifs is 1. The molecule has 0 aromatic heterocycles. The van der Waals surface area contributed by atoms with E-state index in [1.165, 1.54) is 0 Å². The molecule has 3 atom stereocenters. The molecule has 41 heavy (non-hydrogen) atoms. The second-order valence-corrected chi connectivity index (χ2v) is 11.4. The first-order valence-corrected chi connectivity index (χ1v) is 15.3. The van der Waals surface area contributed by atoms with E-state index in [-0.39, 0.29) is 24.4 Å². The molecule has 2 aliphatic rings. The highest BCUT2D eigenvalue weighted by atomic mass is 16.5. The highest BCUT2D eigenvalue weighted by molar-refractivity contribution is 5.79. The van der Waals surface area contributed by atoms with Crippen molar-refractivity contribution < 1.29 is 24.2 Å². The molecule has 4 rings (SSSR count). The number of carbonyl (C=O) groups excluding carboxylic acids is 1. The lowest BCUT2D eigenvalue weighted by molar-refractivity contribution is -0.143. The zero-order chi connectivity index (χ0) is 29.2. The van der Waals surface area contributed by atoms with Gasteiger partial charge in [0.1, 0.15) is 11.5 Å². The maximum absolute atomic E-state index is 13.7. The number of hydrogen-bond acceptors (Lipinski definition) is 6. The Balaban J connectivity index is 1.56. The lowest BCUT2D eigenvalue weighted by atomic mass is 9.83. The molecule has 1 amide bonds. The van der Waals surface area contributed by atoms with Crippen LogP contribution in [0, 0.1) is 5.92 Å². The van der Waals surface area contributed by atoms with Crippen LogP contribution in [0.3, 0.4) is 0 Å². The quantitative estimate of drug-likeness (QED) is 0.289. The average Bonchev–Trinajstić information content (AvgIpc) is 3.59. The van der Waals surface area contributed by atoms with Gasteiger partial charge in [0.25, 0.3) is 0 Å². The van der Waals surface area contributed by atoms with Crippen LogP contribution in [-0.2, 0) is 22.4 Å². The third-order valence-electron chi connectivity index (χ3n) is 8.67. The van der Waals surface area contributed by atoms with E-state index in [1.54, 1.807) is 7.11 Å². The fraction of sp³-hybridized carbons (Fsp3) is 0.576. The van der Waals surface area contributed by atoms with Crippen molar-refractivity contribution in [3.05, 3.63) is 59.2 Å². The predicted octanol–water partition coefficient (Wildman–Crippen LogP) is 4.49. The molecule has 1 fully saturated rings. The van der Waals surface area contributed by atoms with Crippen molar-refractivity contribution in [1.29, 1.82) is 0 Å². The van der Waals surface area contributed by atoms with Crippen LogP contribution in [0.5, 0.6) is 11.5 Å². The van der Waals surface area contributed by atoms with Crippen molar-refractivity contribution >= 4 is 11.9 Å². The third kappa shape index (κ3) is 7.80. The van der Waals surface area contributed by atoms with Crippen LogP contribution in [0.2, 0.25) is 0 Å². The fourth-order valence-electron chi connectivity index (χ4n) is 6.47. The Hall–Kier alpha value is -3.10. The summed E-state index contributed by atoms with van der Waals surface area (Å²) in [5, 5.41) is 10.5. The minimum absolute atomic E-state index is 0.0809. The Labute approximate surface area is 244 Å². The molecule has 0 unspecified atom stereocenters. The third-order valence-corrected chi connectivity index (χ3v) is 8.67. The van der Waals surface area contributed by atoms with E-state index in [0.29, 0.717) is 32.7 Å². The molecule has 8 nitrogen and oxygen atoms in total. The largest absolute Gasteiger partial charge is 0.496 e. The summed E-state index contributed by atoms with van der Waals surface area (Å²) in [5.74, 6) is 0.240. The summed E-state index contributed by atoms with van der Waals surface area (Å²) >= 11 is 0. The molecule has 8 heteroatoms. The van der Waals surface area contributed by atoms with Crippen molar-refractivity contribution in [2.24, 2.45) is 11.7 Å². The highest BCUT2D eigenvalue weighted by Crippen LogP contribution is 2.41. The molecule has 2 heterocycles. The number of ether oxygens (including phenoxy) is 2. The summed E-state index contributed by atoms with van der Waals surface area (Å²) in [6, 6.07) is 13.9. The standard InChI is InChI=1S/C33H47N3O5/c1-3-4-18-35(19-8-7-17-34)31(37)23-36-22-27(25-14-15-30-26(21-25)16-20-41-30)32(33(38)39)28(36)12-9-11-24-10-5-6-13-29(24)40-2/h5-6,10,13-15,21,27-28,32H,3-4,7-9,11-12,16-20,22-23,34H2,1-2H3,(H,38,39)/t27-,28+,32-/m1/s1. The van der Waals surface area contributed by atoms with Crippen LogP contribution in [0.1, 0.15) is 68.1 Å². The first-order chi connectivity index (χ1) is 20.0. The van der Waals surface area contributed by atoms with E-state index in [2.05, 4.69) is 24.0 Å². The van der Waals surface area contributed by atoms with Gasteiger partial charge in [-0.05, 0) is 73.9 Å². The van der Waals surface area contributed by atoms with Crippen LogP contribution >= 0.6 is 0 Å². The summed E-state index contributed by atoms with van der Waals surface area (Å²) in [5.41, 5.74) is 8.99. The number of unbranched alkanes of at least 4 members (excludes halogenated alkanes) is 2. The summed E-state index contributed by atoms with van der Waals surface area (Å²) in [6.45, 7) is 5.61. The molecule has 0 saturated carbocycles. The number of carboxylic acid groups (broad SMARTS) is 1. The Bertz CT molecular complexity index is 1160. The number of aliphatic carboxylic acids is 1. The number of amides is 1. The van der Waals surface area contributed by atoms with Crippen LogP contribution in [-0.4, -0.2) is 79.3 Å². The second-order valence-electron chi connectivity index (χ2n) is 11.4. The molecule has 3 N–H and O–H groups in total. The van der Waals surface area contributed by atoms with Crippen molar-refractivity contribution in [2.75, 3.05) is 46.4 Å². The number of carbonyl (C=O) groups is 2. The van der Waals surface area contributed by atoms with Gasteiger partial charge < -0.3 is 25.2 Å². The first-order valence-electron chi connectivity index (χ1n) is 15.3. The number of carboxylic acids is 1. The van der Waals surface area contributed by atoms with Gasteiger partial charge in [0.05, 0.1) is 26.2 Å². The number of para-hydroxylation sites is 1. The van der Waals surface area contributed by atoms with Gasteiger partial charge in [-0.2, -0.15) is 0 Å². The molecular formula is C33H47N3O5.